The average Bonchev–Trinajstić information content (AvgIpc) is 3.21. The van der Waals surface area contributed by atoms with Gasteiger partial charge in [-0.05, 0) is 57.3 Å². The maximum absolute atomic E-state index is 11.3. The Hall–Kier alpha value is -0.720. The minimum Gasteiger partial charge on any atom is -0.396 e. The van der Waals surface area contributed by atoms with Crippen molar-refractivity contribution in [2.45, 2.75) is 70.9 Å². The molecular weight excluding hydrogens is 296 g/mol. The van der Waals surface area contributed by atoms with Gasteiger partial charge in [0, 0.05) is 5.41 Å². The van der Waals surface area contributed by atoms with Crippen molar-refractivity contribution >= 4 is 0 Å². The van der Waals surface area contributed by atoms with Gasteiger partial charge in [0.2, 0.25) is 0 Å². The van der Waals surface area contributed by atoms with Crippen LogP contribution in [0.1, 0.15) is 47.5 Å². The van der Waals surface area contributed by atoms with E-state index in [0.717, 1.165) is 5.57 Å². The molecular formula is C18H28O5. The molecule has 3 aliphatic rings. The molecule has 0 saturated heterocycles. The first-order chi connectivity index (χ1) is 10.4. The molecule has 5 nitrogen and oxygen atoms in total. The van der Waals surface area contributed by atoms with Gasteiger partial charge in [0.15, 0.2) is 0 Å². The van der Waals surface area contributed by atoms with Crippen molar-refractivity contribution in [2.24, 2.45) is 10.8 Å². The first kappa shape index (κ1) is 17.1. The fourth-order valence-corrected chi connectivity index (χ4v) is 5.16. The molecule has 5 atom stereocenters. The van der Waals surface area contributed by atoms with Crippen molar-refractivity contribution in [3.63, 3.8) is 0 Å². The Morgan fingerprint density at radius 1 is 1.00 bits per heavy atom. The third-order valence-corrected chi connectivity index (χ3v) is 6.82. The SMILES string of the molecule is CC(C)=C1C2=C(C(O)C(C)(CO)C2O)C(C)(O)C2(CC2)C1(C)O. The Bertz CT molecular complexity index is 619. The molecule has 0 aromatic rings. The van der Waals surface area contributed by atoms with Crippen LogP contribution in [0.5, 0.6) is 0 Å². The molecule has 0 radical (unpaired) electrons. The van der Waals surface area contributed by atoms with Gasteiger partial charge in [-0.3, -0.25) is 0 Å². The normalized spacial score (nSPS) is 48.0. The summed E-state index contributed by atoms with van der Waals surface area (Å²) in [6.07, 6.45) is -0.995. The van der Waals surface area contributed by atoms with Crippen molar-refractivity contribution in [1.82, 2.24) is 0 Å². The van der Waals surface area contributed by atoms with Crippen molar-refractivity contribution in [2.75, 3.05) is 6.61 Å². The van der Waals surface area contributed by atoms with E-state index in [9.17, 15) is 25.5 Å². The van der Waals surface area contributed by atoms with Gasteiger partial charge in [-0.2, -0.15) is 0 Å². The number of rotatable bonds is 1. The Labute approximate surface area is 137 Å². The molecule has 5 heteroatoms. The zero-order valence-electron chi connectivity index (χ0n) is 14.5. The topological polar surface area (TPSA) is 101 Å². The fraction of sp³-hybridized carbons (Fsp3) is 0.778. The van der Waals surface area contributed by atoms with Crippen molar-refractivity contribution in [1.29, 1.82) is 0 Å². The van der Waals surface area contributed by atoms with Gasteiger partial charge >= 0.3 is 0 Å². The monoisotopic (exact) mass is 324 g/mol. The molecule has 3 rings (SSSR count). The minimum absolute atomic E-state index is 0.363. The zero-order chi connectivity index (χ0) is 17.6. The van der Waals surface area contributed by atoms with E-state index in [0.29, 0.717) is 29.6 Å². The number of allylic oxidation sites excluding steroid dienone is 1. The lowest BCUT2D eigenvalue weighted by molar-refractivity contribution is -0.107. The van der Waals surface area contributed by atoms with Crippen LogP contribution in [0.2, 0.25) is 0 Å². The summed E-state index contributed by atoms with van der Waals surface area (Å²) >= 11 is 0. The molecule has 0 aromatic carbocycles. The second-order valence-electron chi connectivity index (χ2n) is 8.40. The highest BCUT2D eigenvalue weighted by Gasteiger charge is 2.74. The molecule has 3 aliphatic carbocycles. The lowest BCUT2D eigenvalue weighted by Crippen LogP contribution is -2.58. The Kier molecular flexibility index (Phi) is 3.32. The summed E-state index contributed by atoms with van der Waals surface area (Å²) in [6.45, 7) is 8.21. The Morgan fingerprint density at radius 2 is 1.52 bits per heavy atom. The molecule has 0 bridgehead atoms. The molecule has 1 saturated carbocycles. The molecule has 0 amide bonds. The van der Waals surface area contributed by atoms with Gasteiger partial charge in [0.25, 0.3) is 0 Å². The van der Waals surface area contributed by atoms with Gasteiger partial charge in [0.05, 0.1) is 35.4 Å². The van der Waals surface area contributed by atoms with Gasteiger partial charge in [-0.1, -0.05) is 12.5 Å². The minimum atomic E-state index is -1.43. The van der Waals surface area contributed by atoms with Crippen LogP contribution >= 0.6 is 0 Å². The van der Waals surface area contributed by atoms with Gasteiger partial charge in [-0.25, -0.2) is 0 Å². The summed E-state index contributed by atoms with van der Waals surface area (Å²) in [6, 6.07) is 0. The summed E-state index contributed by atoms with van der Waals surface area (Å²) in [5.74, 6) is 0. The Morgan fingerprint density at radius 3 is 1.91 bits per heavy atom. The van der Waals surface area contributed by atoms with Crippen molar-refractivity contribution in [3.8, 4) is 0 Å². The first-order valence-corrected chi connectivity index (χ1v) is 8.25. The molecule has 130 valence electrons. The van der Waals surface area contributed by atoms with Crippen LogP contribution in [0.15, 0.2) is 22.3 Å². The standard InChI is InChI=1S/C18H28O5/c1-9(2)11-10-12(14(21)15(3,8-19)13(10)20)17(5,23)18(6-7-18)16(11,4)22/h13-14,19-23H,6-8H2,1-5H3. The van der Waals surface area contributed by atoms with E-state index in [1.54, 1.807) is 20.8 Å². The van der Waals surface area contributed by atoms with Crippen LogP contribution < -0.4 is 0 Å². The fourth-order valence-electron chi connectivity index (χ4n) is 5.16. The maximum atomic E-state index is 11.3. The van der Waals surface area contributed by atoms with E-state index < -0.39 is 40.8 Å². The largest absolute Gasteiger partial charge is 0.396 e. The smallest absolute Gasteiger partial charge is 0.0958 e. The number of aliphatic hydroxyl groups excluding tert-OH is 3. The maximum Gasteiger partial charge on any atom is 0.0958 e. The predicted molar refractivity (Wildman–Crippen MR) is 85.5 cm³/mol. The molecule has 5 unspecified atom stereocenters. The Balaban J connectivity index is 2.36. The van der Waals surface area contributed by atoms with E-state index in [-0.39, 0.29) is 0 Å². The molecule has 23 heavy (non-hydrogen) atoms. The first-order valence-electron chi connectivity index (χ1n) is 8.25. The van der Waals surface area contributed by atoms with Crippen LogP contribution in [-0.2, 0) is 0 Å². The lowest BCUT2D eigenvalue weighted by Gasteiger charge is -2.51. The van der Waals surface area contributed by atoms with Crippen LogP contribution in [0.3, 0.4) is 0 Å². The third-order valence-electron chi connectivity index (χ3n) is 6.82. The van der Waals surface area contributed by atoms with E-state index in [1.807, 2.05) is 13.8 Å². The summed E-state index contributed by atoms with van der Waals surface area (Å²) in [5, 5.41) is 54.1. The highest BCUT2D eigenvalue weighted by atomic mass is 16.3. The van der Waals surface area contributed by atoms with Crippen molar-refractivity contribution < 1.29 is 25.5 Å². The van der Waals surface area contributed by atoms with Gasteiger partial charge < -0.3 is 25.5 Å². The lowest BCUT2D eigenvalue weighted by atomic mass is 9.59. The third kappa shape index (κ3) is 1.65. The predicted octanol–water partition coefficient (Wildman–Crippen LogP) is 0.649. The average molecular weight is 324 g/mol. The number of aliphatic hydroxyl groups is 5. The summed E-state index contributed by atoms with van der Waals surface area (Å²) < 4.78 is 0. The highest BCUT2D eigenvalue weighted by Crippen LogP contribution is 2.71. The molecule has 5 N–H and O–H groups in total. The number of hydrogen-bond acceptors (Lipinski definition) is 5. The van der Waals surface area contributed by atoms with Crippen molar-refractivity contribution in [3.05, 3.63) is 22.3 Å². The van der Waals surface area contributed by atoms with Crippen LogP contribution in [0, 0.1) is 10.8 Å². The van der Waals surface area contributed by atoms with Crippen LogP contribution in [-0.4, -0.2) is 55.5 Å². The molecule has 0 aromatic heterocycles. The molecule has 1 spiro atoms. The summed E-state index contributed by atoms with van der Waals surface area (Å²) in [5.41, 5.74) is -2.46. The molecule has 1 fully saturated rings. The number of hydrogen-bond donors (Lipinski definition) is 5. The van der Waals surface area contributed by atoms with E-state index >= 15 is 0 Å². The van der Waals surface area contributed by atoms with Gasteiger partial charge in [-0.15, -0.1) is 0 Å². The second-order valence-corrected chi connectivity index (χ2v) is 8.40. The van der Waals surface area contributed by atoms with Crippen LogP contribution in [0.4, 0.5) is 0 Å². The highest BCUT2D eigenvalue weighted by molar-refractivity contribution is 5.61. The van der Waals surface area contributed by atoms with E-state index in [1.165, 1.54) is 0 Å². The second kappa shape index (κ2) is 4.46. The summed E-state index contributed by atoms with van der Waals surface area (Å²) in [7, 11) is 0. The van der Waals surface area contributed by atoms with E-state index in [2.05, 4.69) is 0 Å². The molecule has 0 aliphatic heterocycles. The molecule has 0 heterocycles. The van der Waals surface area contributed by atoms with Gasteiger partial charge in [0.1, 0.15) is 0 Å². The summed E-state index contributed by atoms with van der Waals surface area (Å²) in [4.78, 5) is 0. The van der Waals surface area contributed by atoms with E-state index in [4.69, 9.17) is 0 Å². The quantitative estimate of drug-likeness (QED) is 0.487. The van der Waals surface area contributed by atoms with Crippen LogP contribution in [0.25, 0.3) is 0 Å². The zero-order valence-corrected chi connectivity index (χ0v) is 14.5.